The summed E-state index contributed by atoms with van der Waals surface area (Å²) in [5, 5.41) is 11.0. The lowest BCUT2D eigenvalue weighted by Gasteiger charge is -2.32. The van der Waals surface area contributed by atoms with E-state index in [4.69, 9.17) is 0 Å². The topological polar surface area (TPSA) is 67.1 Å². The van der Waals surface area contributed by atoms with Crippen LogP contribution in [0.1, 0.15) is 52.3 Å². The van der Waals surface area contributed by atoms with Gasteiger partial charge in [0.05, 0.1) is 0 Å². The third kappa shape index (κ3) is 6.27. The molecule has 0 spiro atoms. The molecule has 132 valence electrons. The highest BCUT2D eigenvalue weighted by molar-refractivity contribution is 14.0. The van der Waals surface area contributed by atoms with E-state index in [0.29, 0.717) is 12.6 Å². The summed E-state index contributed by atoms with van der Waals surface area (Å²) in [5.41, 5.74) is 0. The number of rotatable bonds is 5. The molecule has 0 bridgehead atoms. The van der Waals surface area contributed by atoms with Gasteiger partial charge in [0.1, 0.15) is 18.7 Å². The van der Waals surface area contributed by atoms with Crippen LogP contribution in [0.3, 0.4) is 0 Å². The van der Waals surface area contributed by atoms with Crippen molar-refractivity contribution < 1.29 is 0 Å². The SMILES string of the molecule is CCNC(=NCc1ncnn1C)NC1CCC(C(C)C)CC1.I. The standard InChI is InChI=1S/C16H30N6.HI/c1-5-17-16(18-10-15-19-11-20-22(15)4)21-14-8-6-13(7-9-14)12(2)3;/h11-14H,5-10H2,1-4H3,(H2,17,18,21);1H. The van der Waals surface area contributed by atoms with E-state index in [2.05, 4.69) is 46.5 Å². The van der Waals surface area contributed by atoms with E-state index in [-0.39, 0.29) is 24.0 Å². The van der Waals surface area contributed by atoms with Crippen molar-refractivity contribution in [3.8, 4) is 0 Å². The average Bonchev–Trinajstić information content (AvgIpc) is 2.91. The van der Waals surface area contributed by atoms with Gasteiger partial charge in [0.25, 0.3) is 0 Å². The van der Waals surface area contributed by atoms with Crippen LogP contribution < -0.4 is 10.6 Å². The van der Waals surface area contributed by atoms with Crippen molar-refractivity contribution in [3.63, 3.8) is 0 Å². The van der Waals surface area contributed by atoms with E-state index in [1.54, 1.807) is 11.0 Å². The fourth-order valence-corrected chi connectivity index (χ4v) is 3.06. The number of halogens is 1. The summed E-state index contributed by atoms with van der Waals surface area (Å²) in [6.07, 6.45) is 6.67. The van der Waals surface area contributed by atoms with E-state index in [9.17, 15) is 0 Å². The molecule has 23 heavy (non-hydrogen) atoms. The summed E-state index contributed by atoms with van der Waals surface area (Å²) in [6, 6.07) is 0.535. The Kier molecular flexibility index (Phi) is 8.86. The molecule has 1 aliphatic rings. The van der Waals surface area contributed by atoms with E-state index < -0.39 is 0 Å². The summed E-state index contributed by atoms with van der Waals surface area (Å²) >= 11 is 0. The van der Waals surface area contributed by atoms with Gasteiger partial charge in [0.2, 0.25) is 0 Å². The second-order valence-electron chi connectivity index (χ2n) is 6.50. The Hall–Kier alpha value is -0.860. The molecule has 2 rings (SSSR count). The first-order valence-electron chi connectivity index (χ1n) is 8.47. The van der Waals surface area contributed by atoms with E-state index in [0.717, 1.165) is 30.2 Å². The third-order valence-electron chi connectivity index (χ3n) is 4.58. The molecule has 1 aliphatic carbocycles. The minimum atomic E-state index is 0. The second kappa shape index (κ2) is 10.1. The minimum absolute atomic E-state index is 0. The smallest absolute Gasteiger partial charge is 0.191 e. The Morgan fingerprint density at radius 1 is 1.35 bits per heavy atom. The lowest BCUT2D eigenvalue weighted by molar-refractivity contribution is 0.250. The number of nitrogens with zero attached hydrogens (tertiary/aromatic N) is 4. The van der Waals surface area contributed by atoms with Crippen molar-refractivity contribution in [1.29, 1.82) is 0 Å². The number of aromatic nitrogens is 3. The first kappa shape index (κ1) is 20.2. The maximum atomic E-state index is 4.64. The number of aryl methyl sites for hydroxylation is 1. The molecule has 7 heteroatoms. The predicted molar refractivity (Wildman–Crippen MR) is 105 cm³/mol. The number of hydrogen-bond donors (Lipinski definition) is 2. The molecule has 0 radical (unpaired) electrons. The summed E-state index contributed by atoms with van der Waals surface area (Å²) in [4.78, 5) is 8.85. The zero-order chi connectivity index (χ0) is 15.9. The van der Waals surface area contributed by atoms with Crippen LogP contribution in [-0.2, 0) is 13.6 Å². The van der Waals surface area contributed by atoms with E-state index in [1.807, 2.05) is 7.05 Å². The number of hydrogen-bond acceptors (Lipinski definition) is 3. The molecule has 0 aromatic carbocycles. The van der Waals surface area contributed by atoms with Crippen LogP contribution in [0.5, 0.6) is 0 Å². The van der Waals surface area contributed by atoms with E-state index in [1.165, 1.54) is 25.7 Å². The summed E-state index contributed by atoms with van der Waals surface area (Å²) in [7, 11) is 1.89. The normalized spacial score (nSPS) is 21.9. The highest BCUT2D eigenvalue weighted by Crippen LogP contribution is 2.29. The molecule has 0 saturated heterocycles. The van der Waals surface area contributed by atoms with Crippen LogP contribution in [0.25, 0.3) is 0 Å². The Labute approximate surface area is 157 Å². The third-order valence-corrected chi connectivity index (χ3v) is 4.58. The van der Waals surface area contributed by atoms with Crippen molar-refractivity contribution in [3.05, 3.63) is 12.2 Å². The molecular weight excluding hydrogens is 403 g/mol. The summed E-state index contributed by atoms with van der Waals surface area (Å²) in [5.74, 6) is 3.45. The van der Waals surface area contributed by atoms with Crippen molar-refractivity contribution in [2.24, 2.45) is 23.9 Å². The van der Waals surface area contributed by atoms with Crippen LogP contribution >= 0.6 is 24.0 Å². The van der Waals surface area contributed by atoms with Crippen molar-refractivity contribution in [1.82, 2.24) is 25.4 Å². The molecule has 0 atom stereocenters. The molecule has 0 unspecified atom stereocenters. The predicted octanol–water partition coefficient (Wildman–Crippen LogP) is 2.70. The van der Waals surface area contributed by atoms with Gasteiger partial charge in [-0.2, -0.15) is 5.10 Å². The van der Waals surface area contributed by atoms with Crippen molar-refractivity contribution in [2.45, 2.75) is 59.0 Å². The molecule has 1 aromatic rings. The van der Waals surface area contributed by atoms with Crippen LogP contribution in [0.4, 0.5) is 0 Å². The minimum Gasteiger partial charge on any atom is -0.357 e. The quantitative estimate of drug-likeness (QED) is 0.425. The summed E-state index contributed by atoms with van der Waals surface area (Å²) in [6.45, 7) is 8.18. The van der Waals surface area contributed by atoms with Gasteiger partial charge in [-0.05, 0) is 44.4 Å². The monoisotopic (exact) mass is 434 g/mol. The highest BCUT2D eigenvalue weighted by atomic mass is 127. The number of nitrogens with one attached hydrogen (secondary N) is 2. The first-order valence-corrected chi connectivity index (χ1v) is 8.47. The Morgan fingerprint density at radius 3 is 2.57 bits per heavy atom. The number of guanidine groups is 1. The molecule has 0 aliphatic heterocycles. The average molecular weight is 434 g/mol. The van der Waals surface area contributed by atoms with Crippen molar-refractivity contribution in [2.75, 3.05) is 6.54 Å². The van der Waals surface area contributed by atoms with Gasteiger partial charge in [-0.3, -0.25) is 4.68 Å². The lowest BCUT2D eigenvalue weighted by Crippen LogP contribution is -2.45. The Balaban J connectivity index is 0.00000264. The Bertz CT molecular complexity index is 477. The fraction of sp³-hybridized carbons (Fsp3) is 0.812. The Morgan fingerprint density at radius 2 is 2.04 bits per heavy atom. The highest BCUT2D eigenvalue weighted by Gasteiger charge is 2.23. The maximum absolute atomic E-state index is 4.64. The van der Waals surface area contributed by atoms with Crippen LogP contribution in [0, 0.1) is 11.8 Å². The first-order chi connectivity index (χ1) is 10.6. The largest absolute Gasteiger partial charge is 0.357 e. The zero-order valence-corrected chi connectivity index (χ0v) is 17.1. The molecule has 1 heterocycles. The maximum Gasteiger partial charge on any atom is 0.191 e. The summed E-state index contributed by atoms with van der Waals surface area (Å²) < 4.78 is 1.76. The fourth-order valence-electron chi connectivity index (χ4n) is 3.06. The molecule has 1 saturated carbocycles. The molecule has 0 amide bonds. The zero-order valence-electron chi connectivity index (χ0n) is 14.7. The van der Waals surface area contributed by atoms with Gasteiger partial charge in [-0.25, -0.2) is 9.98 Å². The second-order valence-corrected chi connectivity index (χ2v) is 6.50. The molecule has 2 N–H and O–H groups in total. The van der Waals surface area contributed by atoms with Gasteiger partial charge in [-0.1, -0.05) is 13.8 Å². The van der Waals surface area contributed by atoms with Gasteiger partial charge in [0, 0.05) is 19.6 Å². The van der Waals surface area contributed by atoms with Gasteiger partial charge >= 0.3 is 0 Å². The molecule has 1 aromatic heterocycles. The van der Waals surface area contributed by atoms with Crippen LogP contribution in [0.2, 0.25) is 0 Å². The van der Waals surface area contributed by atoms with Crippen molar-refractivity contribution >= 4 is 29.9 Å². The van der Waals surface area contributed by atoms with Crippen LogP contribution in [0.15, 0.2) is 11.3 Å². The van der Waals surface area contributed by atoms with Gasteiger partial charge < -0.3 is 10.6 Å². The van der Waals surface area contributed by atoms with E-state index >= 15 is 0 Å². The molecule has 1 fully saturated rings. The molecule has 6 nitrogen and oxygen atoms in total. The van der Waals surface area contributed by atoms with Crippen LogP contribution in [-0.4, -0.2) is 33.3 Å². The molecular formula is C16H31IN6. The van der Waals surface area contributed by atoms with Gasteiger partial charge in [-0.15, -0.1) is 24.0 Å². The number of aliphatic imine (C=N–C) groups is 1. The lowest BCUT2D eigenvalue weighted by atomic mass is 9.80. The van der Waals surface area contributed by atoms with Gasteiger partial charge in [0.15, 0.2) is 5.96 Å².